The lowest BCUT2D eigenvalue weighted by Crippen LogP contribution is -2.41. The van der Waals surface area contributed by atoms with Crippen LogP contribution < -0.4 is 27.4 Å². The van der Waals surface area contributed by atoms with Gasteiger partial charge in [-0.1, -0.05) is 6.07 Å². The average molecular weight is 459 g/mol. The maximum absolute atomic E-state index is 12.4. The Balaban J connectivity index is 1.39. The predicted molar refractivity (Wildman–Crippen MR) is 131 cm³/mol. The van der Waals surface area contributed by atoms with Crippen molar-refractivity contribution >= 4 is 11.6 Å². The van der Waals surface area contributed by atoms with Crippen LogP contribution in [0.1, 0.15) is 31.2 Å². The number of pyridine rings is 1. The molecule has 10 nitrogen and oxygen atoms in total. The molecule has 10 heteroatoms. The summed E-state index contributed by atoms with van der Waals surface area (Å²) in [6.45, 7) is 5.17. The van der Waals surface area contributed by atoms with Gasteiger partial charge in [0.1, 0.15) is 11.6 Å². The van der Waals surface area contributed by atoms with Gasteiger partial charge in [0, 0.05) is 44.1 Å². The molecule has 1 atom stereocenters. The van der Waals surface area contributed by atoms with E-state index >= 15 is 0 Å². The number of aryl methyl sites for hydroxylation is 1. The third kappa shape index (κ3) is 8.49. The molecular weight excluding hydrogens is 420 g/mol. The SMILES string of the molecule is CNC1CCN(CCCCn2ccc(Nc3ccc(CNC[C@@H](N)CO)cn3)nc2=O)CC1. The summed E-state index contributed by atoms with van der Waals surface area (Å²) in [5.74, 6) is 1.11. The Bertz CT molecular complexity index is 881. The number of rotatable bonds is 13. The minimum Gasteiger partial charge on any atom is -0.395 e. The molecule has 0 saturated carbocycles. The van der Waals surface area contributed by atoms with Crippen LogP contribution in [0.5, 0.6) is 0 Å². The lowest BCUT2D eigenvalue weighted by Gasteiger charge is -2.31. The van der Waals surface area contributed by atoms with Crippen LogP contribution in [0, 0.1) is 0 Å². The molecular formula is C23H38N8O2. The molecule has 0 unspecified atom stereocenters. The third-order valence-electron chi connectivity index (χ3n) is 6.04. The predicted octanol–water partition coefficient (Wildman–Crippen LogP) is 0.255. The van der Waals surface area contributed by atoms with Crippen LogP contribution >= 0.6 is 0 Å². The minimum atomic E-state index is -0.270. The maximum Gasteiger partial charge on any atom is 0.349 e. The number of nitrogens with zero attached hydrogens (tertiary/aromatic N) is 4. The van der Waals surface area contributed by atoms with Gasteiger partial charge in [-0.15, -0.1) is 0 Å². The molecule has 0 bridgehead atoms. The molecule has 1 aliphatic heterocycles. The van der Waals surface area contributed by atoms with Crippen molar-refractivity contribution in [3.05, 3.63) is 46.6 Å². The number of nitrogens with one attached hydrogen (secondary N) is 3. The van der Waals surface area contributed by atoms with Gasteiger partial charge in [0.25, 0.3) is 0 Å². The summed E-state index contributed by atoms with van der Waals surface area (Å²) < 4.78 is 1.66. The molecule has 2 aromatic heterocycles. The zero-order valence-electron chi connectivity index (χ0n) is 19.5. The second-order valence-corrected chi connectivity index (χ2v) is 8.65. The lowest BCUT2D eigenvalue weighted by atomic mass is 10.1. The zero-order chi connectivity index (χ0) is 23.5. The van der Waals surface area contributed by atoms with Gasteiger partial charge in [0.15, 0.2) is 0 Å². The van der Waals surface area contributed by atoms with Gasteiger partial charge >= 0.3 is 5.69 Å². The highest BCUT2D eigenvalue weighted by Crippen LogP contribution is 2.12. The first-order valence-corrected chi connectivity index (χ1v) is 11.8. The summed E-state index contributed by atoms with van der Waals surface area (Å²) >= 11 is 0. The van der Waals surface area contributed by atoms with Crippen molar-refractivity contribution in [2.24, 2.45) is 5.73 Å². The normalized spacial score (nSPS) is 16.1. The molecule has 0 amide bonds. The van der Waals surface area contributed by atoms with Crippen molar-refractivity contribution in [2.75, 3.05) is 45.2 Å². The number of unbranched alkanes of at least 4 members (excludes halogenated alkanes) is 1. The second kappa shape index (κ2) is 13.4. The van der Waals surface area contributed by atoms with Crippen molar-refractivity contribution in [1.82, 2.24) is 30.1 Å². The molecule has 0 radical (unpaired) electrons. The molecule has 33 heavy (non-hydrogen) atoms. The van der Waals surface area contributed by atoms with Gasteiger partial charge in [-0.2, -0.15) is 4.98 Å². The van der Waals surface area contributed by atoms with Crippen LogP contribution in [-0.2, 0) is 13.1 Å². The lowest BCUT2D eigenvalue weighted by molar-refractivity contribution is 0.198. The maximum atomic E-state index is 12.4. The van der Waals surface area contributed by atoms with Gasteiger partial charge in [-0.05, 0) is 70.1 Å². The third-order valence-corrected chi connectivity index (χ3v) is 6.04. The fraction of sp³-hybridized carbons (Fsp3) is 0.609. The molecule has 0 aromatic carbocycles. The van der Waals surface area contributed by atoms with Crippen LogP contribution in [-0.4, -0.2) is 76.5 Å². The highest BCUT2D eigenvalue weighted by molar-refractivity contribution is 5.50. The molecule has 182 valence electrons. The zero-order valence-corrected chi connectivity index (χ0v) is 19.5. The molecule has 1 saturated heterocycles. The van der Waals surface area contributed by atoms with Crippen molar-refractivity contribution in [3.63, 3.8) is 0 Å². The number of aliphatic hydroxyl groups is 1. The Morgan fingerprint density at radius 2 is 1.97 bits per heavy atom. The largest absolute Gasteiger partial charge is 0.395 e. The Hall–Kier alpha value is -2.37. The number of piperidine rings is 1. The van der Waals surface area contributed by atoms with E-state index in [1.54, 1.807) is 23.0 Å². The Kier molecular flexibility index (Phi) is 10.2. The summed E-state index contributed by atoms with van der Waals surface area (Å²) in [6, 6.07) is 5.97. The average Bonchev–Trinajstić information content (AvgIpc) is 2.84. The van der Waals surface area contributed by atoms with Gasteiger partial charge in [0.2, 0.25) is 0 Å². The van der Waals surface area contributed by atoms with E-state index in [-0.39, 0.29) is 18.3 Å². The van der Waals surface area contributed by atoms with Crippen LogP contribution in [0.2, 0.25) is 0 Å². The van der Waals surface area contributed by atoms with Crippen molar-refractivity contribution in [3.8, 4) is 0 Å². The fourth-order valence-electron chi connectivity index (χ4n) is 3.93. The Morgan fingerprint density at radius 3 is 2.64 bits per heavy atom. The molecule has 1 aliphatic rings. The monoisotopic (exact) mass is 458 g/mol. The molecule has 3 heterocycles. The first-order chi connectivity index (χ1) is 16.1. The summed E-state index contributed by atoms with van der Waals surface area (Å²) in [5, 5.41) is 18.6. The Labute approximate surface area is 195 Å². The van der Waals surface area contributed by atoms with E-state index in [4.69, 9.17) is 10.8 Å². The minimum absolute atomic E-state index is 0.0456. The molecule has 0 spiro atoms. The summed E-state index contributed by atoms with van der Waals surface area (Å²) in [6.07, 6.45) is 8.00. The van der Waals surface area contributed by atoms with Crippen molar-refractivity contribution < 1.29 is 5.11 Å². The highest BCUT2D eigenvalue weighted by Gasteiger charge is 2.16. The smallest absolute Gasteiger partial charge is 0.349 e. The van der Waals surface area contributed by atoms with Gasteiger partial charge < -0.3 is 31.7 Å². The number of aliphatic hydroxyl groups excluding tert-OH is 1. The van der Waals surface area contributed by atoms with Crippen LogP contribution in [0.4, 0.5) is 11.6 Å². The quantitative estimate of drug-likeness (QED) is 0.268. The molecule has 0 aliphatic carbocycles. The number of hydrogen-bond donors (Lipinski definition) is 5. The molecule has 6 N–H and O–H groups in total. The first kappa shape index (κ1) is 25.3. The number of likely N-dealkylation sites (tertiary alicyclic amines) is 1. The fourth-order valence-corrected chi connectivity index (χ4v) is 3.93. The van der Waals surface area contributed by atoms with Crippen molar-refractivity contribution in [1.29, 1.82) is 0 Å². The second-order valence-electron chi connectivity index (χ2n) is 8.65. The van der Waals surface area contributed by atoms with E-state index in [1.165, 1.54) is 12.8 Å². The summed E-state index contributed by atoms with van der Waals surface area (Å²) in [5.41, 5.74) is 6.41. The summed E-state index contributed by atoms with van der Waals surface area (Å²) in [7, 11) is 2.04. The van der Waals surface area contributed by atoms with E-state index in [9.17, 15) is 4.79 Å². The standard InChI is InChI=1S/C23H38N8O2/c1-25-20-6-11-30(12-7-20)9-2-3-10-31-13-8-22(29-23(31)33)28-21-5-4-18(15-27-21)14-26-16-19(24)17-32/h4-5,8,13,15,19-20,25-26,32H,2-3,6-7,9-12,14,16-17,24H2,1H3,(H,27,28,29,33)/t19-/m1/s1. The Morgan fingerprint density at radius 1 is 1.18 bits per heavy atom. The highest BCUT2D eigenvalue weighted by atomic mass is 16.3. The van der Waals surface area contributed by atoms with Crippen molar-refractivity contribution in [2.45, 2.75) is 50.9 Å². The van der Waals surface area contributed by atoms with E-state index in [1.807, 2.05) is 19.2 Å². The van der Waals surface area contributed by atoms with E-state index in [2.05, 4.69) is 30.8 Å². The van der Waals surface area contributed by atoms with Gasteiger partial charge in [-0.25, -0.2) is 9.78 Å². The number of anilines is 2. The molecule has 3 rings (SSSR count). The number of aromatic nitrogens is 3. The van der Waals surface area contributed by atoms with Gasteiger partial charge in [-0.3, -0.25) is 4.57 Å². The van der Waals surface area contributed by atoms with E-state index in [0.29, 0.717) is 37.3 Å². The topological polar surface area (TPSA) is 133 Å². The van der Waals surface area contributed by atoms with Crippen LogP contribution in [0.25, 0.3) is 0 Å². The molecule has 1 fully saturated rings. The van der Waals surface area contributed by atoms with Gasteiger partial charge in [0.05, 0.1) is 6.61 Å². The van der Waals surface area contributed by atoms with Crippen LogP contribution in [0.15, 0.2) is 35.4 Å². The van der Waals surface area contributed by atoms with Crippen LogP contribution in [0.3, 0.4) is 0 Å². The number of nitrogens with two attached hydrogens (primary N) is 1. The van der Waals surface area contributed by atoms with E-state index in [0.717, 1.165) is 38.0 Å². The first-order valence-electron chi connectivity index (χ1n) is 11.8. The summed E-state index contributed by atoms with van der Waals surface area (Å²) in [4.78, 5) is 23.4. The number of hydrogen-bond acceptors (Lipinski definition) is 9. The van der Waals surface area contributed by atoms with E-state index < -0.39 is 0 Å². The molecule has 2 aromatic rings.